The maximum absolute atomic E-state index is 11.4. The lowest BCUT2D eigenvalue weighted by Gasteiger charge is -2.18. The summed E-state index contributed by atoms with van der Waals surface area (Å²) in [6.07, 6.45) is 6.37. The Labute approximate surface area is 176 Å². The molecule has 0 unspecified atom stereocenters. The van der Waals surface area contributed by atoms with Gasteiger partial charge in [-0.2, -0.15) is 0 Å². The molecule has 2 aromatic rings. The van der Waals surface area contributed by atoms with Gasteiger partial charge in [0, 0.05) is 11.1 Å². The number of carbonyl (C=O) groups is 2. The van der Waals surface area contributed by atoms with E-state index in [1.807, 2.05) is 12.1 Å². The summed E-state index contributed by atoms with van der Waals surface area (Å²) in [6, 6.07) is 7.31. The minimum atomic E-state index is -0.0676. The minimum Gasteiger partial charge on any atom is -0.493 e. The minimum absolute atomic E-state index is 0.0676. The molecule has 0 spiro atoms. The Morgan fingerprint density at radius 2 is 1.00 bits per heavy atom. The van der Waals surface area contributed by atoms with Crippen molar-refractivity contribution in [3.05, 3.63) is 47.5 Å². The average Bonchev–Trinajstić information content (AvgIpc) is 2.74. The van der Waals surface area contributed by atoms with Crippen molar-refractivity contribution in [1.29, 1.82) is 0 Å². The lowest BCUT2D eigenvalue weighted by Crippen LogP contribution is -1.99. The molecule has 2 rings (SSSR count). The number of rotatable bonds is 9. The van der Waals surface area contributed by atoms with Gasteiger partial charge in [-0.3, -0.25) is 9.59 Å². The van der Waals surface area contributed by atoms with Crippen LogP contribution in [0.1, 0.15) is 25.0 Å². The lowest BCUT2D eigenvalue weighted by molar-refractivity contribution is -0.113. The van der Waals surface area contributed by atoms with E-state index >= 15 is 0 Å². The number of benzene rings is 2. The second-order valence-electron chi connectivity index (χ2n) is 6.50. The highest BCUT2D eigenvalue weighted by atomic mass is 16.5. The van der Waals surface area contributed by atoms with Crippen LogP contribution in [0.15, 0.2) is 36.4 Å². The fraction of sp³-hybridized carbons (Fsp3) is 0.250. The second kappa shape index (κ2) is 10.3. The molecule has 30 heavy (non-hydrogen) atoms. The van der Waals surface area contributed by atoms with Crippen LogP contribution >= 0.6 is 0 Å². The van der Waals surface area contributed by atoms with Crippen LogP contribution in [0.25, 0.3) is 23.3 Å². The zero-order valence-corrected chi connectivity index (χ0v) is 18.1. The molecule has 2 aromatic carbocycles. The first-order chi connectivity index (χ1) is 14.3. The van der Waals surface area contributed by atoms with Gasteiger partial charge < -0.3 is 18.9 Å². The molecule has 0 saturated carbocycles. The van der Waals surface area contributed by atoms with Crippen molar-refractivity contribution in [2.24, 2.45) is 0 Å². The van der Waals surface area contributed by atoms with Gasteiger partial charge in [0.1, 0.15) is 0 Å². The maximum Gasteiger partial charge on any atom is 0.168 e. The Bertz CT molecular complexity index is 920. The summed E-state index contributed by atoms with van der Waals surface area (Å²) in [5.74, 6) is 1.88. The van der Waals surface area contributed by atoms with E-state index in [1.54, 1.807) is 52.7 Å². The molecule has 0 aliphatic heterocycles. The van der Waals surface area contributed by atoms with Crippen LogP contribution in [0.5, 0.6) is 23.0 Å². The number of hydrogen-bond acceptors (Lipinski definition) is 6. The van der Waals surface area contributed by atoms with E-state index in [-0.39, 0.29) is 11.6 Å². The van der Waals surface area contributed by atoms with Gasteiger partial charge in [0.2, 0.25) is 0 Å². The van der Waals surface area contributed by atoms with Crippen LogP contribution in [-0.2, 0) is 9.59 Å². The van der Waals surface area contributed by atoms with Gasteiger partial charge in [-0.05, 0) is 61.4 Å². The monoisotopic (exact) mass is 410 g/mol. The molecule has 0 amide bonds. The third-order valence-corrected chi connectivity index (χ3v) is 4.31. The van der Waals surface area contributed by atoms with Crippen LogP contribution in [0.2, 0.25) is 0 Å². The molecule has 6 heteroatoms. The van der Waals surface area contributed by atoms with Crippen molar-refractivity contribution in [2.75, 3.05) is 28.4 Å². The van der Waals surface area contributed by atoms with Crippen LogP contribution < -0.4 is 18.9 Å². The van der Waals surface area contributed by atoms with Crippen LogP contribution in [0.3, 0.4) is 0 Å². The highest BCUT2D eigenvalue weighted by Gasteiger charge is 2.20. The number of carbonyl (C=O) groups excluding carboxylic acids is 2. The fourth-order valence-electron chi connectivity index (χ4n) is 2.99. The number of methoxy groups -OCH3 is 4. The van der Waals surface area contributed by atoms with Crippen LogP contribution in [-0.4, -0.2) is 40.0 Å². The van der Waals surface area contributed by atoms with Crippen molar-refractivity contribution in [2.45, 2.75) is 13.8 Å². The highest BCUT2D eigenvalue weighted by Crippen LogP contribution is 2.46. The average molecular weight is 410 g/mol. The van der Waals surface area contributed by atoms with Crippen molar-refractivity contribution >= 4 is 23.7 Å². The van der Waals surface area contributed by atoms with Gasteiger partial charge in [-0.15, -0.1) is 0 Å². The molecule has 0 N–H and O–H groups in total. The first-order valence-corrected chi connectivity index (χ1v) is 9.24. The summed E-state index contributed by atoms with van der Waals surface area (Å²) in [4.78, 5) is 22.8. The number of ether oxygens (including phenoxy) is 4. The molecule has 158 valence electrons. The summed E-state index contributed by atoms with van der Waals surface area (Å²) in [5, 5.41) is 0. The van der Waals surface area contributed by atoms with Crippen LogP contribution in [0, 0.1) is 0 Å². The van der Waals surface area contributed by atoms with Gasteiger partial charge in [-0.25, -0.2) is 0 Å². The van der Waals surface area contributed by atoms with Gasteiger partial charge in [0.25, 0.3) is 0 Å². The summed E-state index contributed by atoms with van der Waals surface area (Å²) < 4.78 is 22.3. The van der Waals surface area contributed by atoms with Crippen molar-refractivity contribution in [3.63, 3.8) is 0 Å². The molecule has 6 nitrogen and oxygen atoms in total. The molecular weight excluding hydrogens is 384 g/mol. The molecule has 0 aromatic heterocycles. The van der Waals surface area contributed by atoms with Gasteiger partial charge in [0.15, 0.2) is 34.6 Å². The van der Waals surface area contributed by atoms with E-state index in [4.69, 9.17) is 18.9 Å². The van der Waals surface area contributed by atoms with Crippen molar-refractivity contribution < 1.29 is 28.5 Å². The summed E-state index contributed by atoms with van der Waals surface area (Å²) >= 11 is 0. The number of ketones is 2. The van der Waals surface area contributed by atoms with Gasteiger partial charge >= 0.3 is 0 Å². The SMILES string of the molecule is COc1cc(/C=C/C(C)=O)cc(-c2cc(/C=C/C(C)=O)cc(OC)c2OC)c1OC. The molecule has 0 saturated heterocycles. The zero-order chi connectivity index (χ0) is 22.3. The smallest absolute Gasteiger partial charge is 0.168 e. The van der Waals surface area contributed by atoms with Crippen LogP contribution in [0.4, 0.5) is 0 Å². The normalized spacial score (nSPS) is 11.0. The molecule has 0 atom stereocenters. The quantitative estimate of drug-likeness (QED) is 0.563. The Kier molecular flexibility index (Phi) is 7.81. The standard InChI is InChI=1S/C24H26O6/c1-15(25)7-9-17-11-19(23(29-5)21(13-17)27-3)20-12-18(10-8-16(2)26)14-22(28-4)24(20)30-6/h7-14H,1-6H3/b9-7+,10-8+. The van der Waals surface area contributed by atoms with E-state index in [2.05, 4.69) is 0 Å². The van der Waals surface area contributed by atoms with E-state index in [1.165, 1.54) is 26.0 Å². The molecule has 0 bridgehead atoms. The molecule has 0 heterocycles. The van der Waals surface area contributed by atoms with E-state index in [0.717, 1.165) is 11.1 Å². The topological polar surface area (TPSA) is 71.1 Å². The van der Waals surface area contributed by atoms with E-state index in [0.29, 0.717) is 34.1 Å². The third kappa shape index (κ3) is 5.29. The van der Waals surface area contributed by atoms with Gasteiger partial charge in [-0.1, -0.05) is 12.2 Å². The molecule has 0 aliphatic carbocycles. The molecular formula is C24H26O6. The molecule has 0 aliphatic rings. The van der Waals surface area contributed by atoms with Crippen molar-refractivity contribution in [1.82, 2.24) is 0 Å². The number of allylic oxidation sites excluding steroid dienone is 2. The zero-order valence-electron chi connectivity index (χ0n) is 18.1. The summed E-state index contributed by atoms with van der Waals surface area (Å²) in [5.41, 5.74) is 2.88. The first-order valence-electron chi connectivity index (χ1n) is 9.24. The molecule has 0 fully saturated rings. The fourth-order valence-corrected chi connectivity index (χ4v) is 2.99. The second-order valence-corrected chi connectivity index (χ2v) is 6.50. The Morgan fingerprint density at radius 3 is 1.27 bits per heavy atom. The Hall–Kier alpha value is -3.54. The number of hydrogen-bond donors (Lipinski definition) is 0. The maximum atomic E-state index is 11.4. The Morgan fingerprint density at radius 1 is 0.633 bits per heavy atom. The highest BCUT2D eigenvalue weighted by molar-refractivity contribution is 5.93. The Balaban J connectivity index is 2.85. The largest absolute Gasteiger partial charge is 0.493 e. The van der Waals surface area contributed by atoms with Gasteiger partial charge in [0.05, 0.1) is 28.4 Å². The summed E-state index contributed by atoms with van der Waals surface area (Å²) in [6.45, 7) is 2.97. The first kappa shape index (κ1) is 22.7. The van der Waals surface area contributed by atoms with E-state index in [9.17, 15) is 9.59 Å². The molecule has 0 radical (unpaired) electrons. The van der Waals surface area contributed by atoms with Crippen molar-refractivity contribution in [3.8, 4) is 34.1 Å². The van der Waals surface area contributed by atoms with E-state index < -0.39 is 0 Å². The third-order valence-electron chi connectivity index (χ3n) is 4.31. The predicted molar refractivity (Wildman–Crippen MR) is 118 cm³/mol. The summed E-state index contributed by atoms with van der Waals surface area (Å²) in [7, 11) is 6.19. The predicted octanol–water partition coefficient (Wildman–Crippen LogP) is 4.59. The lowest BCUT2D eigenvalue weighted by atomic mass is 9.97.